The van der Waals surface area contributed by atoms with Crippen LogP contribution in [0.4, 0.5) is 5.69 Å². The van der Waals surface area contributed by atoms with Crippen molar-refractivity contribution in [2.24, 2.45) is 0 Å². The maximum Gasteiger partial charge on any atom is 0.336 e. The Labute approximate surface area is 150 Å². The molecule has 6 heteroatoms. The molecule has 0 atom stereocenters. The average Bonchev–Trinajstić information content (AvgIpc) is 3.02. The van der Waals surface area contributed by atoms with Crippen LogP contribution in [0.5, 0.6) is 0 Å². The molecule has 2 heterocycles. The van der Waals surface area contributed by atoms with Gasteiger partial charge in [-0.05, 0) is 24.1 Å². The molecule has 26 heavy (non-hydrogen) atoms. The second-order valence-electron chi connectivity index (χ2n) is 5.89. The molecule has 3 rings (SSSR count). The molecule has 0 unspecified atom stereocenters. The number of H-pyrrole nitrogens is 1. The Morgan fingerprint density at radius 1 is 1.27 bits per heavy atom. The molecular formula is C20H19N3O3. The number of carboxylic acids is 1. The summed E-state index contributed by atoms with van der Waals surface area (Å²) >= 11 is 0. The molecule has 0 spiro atoms. The summed E-state index contributed by atoms with van der Waals surface area (Å²) in [5, 5.41) is 13.1. The zero-order valence-electron chi connectivity index (χ0n) is 14.3. The van der Waals surface area contributed by atoms with E-state index in [0.29, 0.717) is 28.9 Å². The Hall–Kier alpha value is -3.41. The number of hydrogen-bond acceptors (Lipinski definition) is 3. The molecule has 3 aromatic rings. The molecule has 3 N–H and O–H groups in total. The van der Waals surface area contributed by atoms with E-state index in [1.165, 1.54) is 0 Å². The van der Waals surface area contributed by atoms with E-state index in [2.05, 4.69) is 15.3 Å². The van der Waals surface area contributed by atoms with Crippen LogP contribution in [0.15, 0.2) is 48.8 Å². The monoisotopic (exact) mass is 349 g/mol. The van der Waals surface area contributed by atoms with Crippen LogP contribution in [0.2, 0.25) is 0 Å². The van der Waals surface area contributed by atoms with Crippen LogP contribution in [-0.2, 0) is 9.59 Å². The standard InChI is InChI=1S/C20H19N3O3/c1-2-6-18(24)23-15-10-16-14(11-21-19(16)22-12-15)9-17(20(25)26)13-7-4-3-5-8-13/h3-5,7-12H,2,6H2,1H3,(H,21,22)(H,23,24)(H,25,26)/b17-9+. The van der Waals surface area contributed by atoms with Crippen LogP contribution in [0.3, 0.4) is 0 Å². The second kappa shape index (κ2) is 7.65. The molecule has 0 saturated heterocycles. The predicted molar refractivity (Wildman–Crippen MR) is 102 cm³/mol. The lowest BCUT2D eigenvalue weighted by atomic mass is 10.0. The van der Waals surface area contributed by atoms with Crippen LogP contribution < -0.4 is 5.32 Å². The number of carbonyl (C=O) groups is 2. The van der Waals surface area contributed by atoms with Crippen molar-refractivity contribution < 1.29 is 14.7 Å². The minimum absolute atomic E-state index is 0.0724. The highest BCUT2D eigenvalue weighted by Gasteiger charge is 2.13. The average molecular weight is 349 g/mol. The van der Waals surface area contributed by atoms with Gasteiger partial charge in [-0.1, -0.05) is 37.3 Å². The molecule has 132 valence electrons. The molecule has 0 bridgehead atoms. The number of benzene rings is 1. The van der Waals surface area contributed by atoms with Gasteiger partial charge in [-0.25, -0.2) is 9.78 Å². The van der Waals surface area contributed by atoms with Crippen molar-refractivity contribution >= 4 is 40.2 Å². The van der Waals surface area contributed by atoms with Gasteiger partial charge in [0.05, 0.1) is 17.5 Å². The Bertz CT molecular complexity index is 974. The molecule has 0 aliphatic rings. The second-order valence-corrected chi connectivity index (χ2v) is 5.89. The van der Waals surface area contributed by atoms with Crippen molar-refractivity contribution in [1.82, 2.24) is 9.97 Å². The largest absolute Gasteiger partial charge is 0.478 e. The number of aromatic amines is 1. The van der Waals surface area contributed by atoms with E-state index in [0.717, 1.165) is 11.8 Å². The van der Waals surface area contributed by atoms with E-state index in [1.807, 2.05) is 13.0 Å². The van der Waals surface area contributed by atoms with Gasteiger partial charge in [0, 0.05) is 23.6 Å². The number of nitrogens with zero attached hydrogens (tertiary/aromatic N) is 1. The van der Waals surface area contributed by atoms with Gasteiger partial charge in [-0.15, -0.1) is 0 Å². The molecule has 0 saturated carbocycles. The van der Waals surface area contributed by atoms with Gasteiger partial charge in [-0.2, -0.15) is 0 Å². The van der Waals surface area contributed by atoms with Gasteiger partial charge in [0.15, 0.2) is 0 Å². The number of aliphatic carboxylic acids is 1. The number of pyridine rings is 1. The van der Waals surface area contributed by atoms with E-state index in [9.17, 15) is 14.7 Å². The van der Waals surface area contributed by atoms with Crippen LogP contribution in [0.25, 0.3) is 22.7 Å². The maximum atomic E-state index is 11.8. The highest BCUT2D eigenvalue weighted by Crippen LogP contribution is 2.25. The van der Waals surface area contributed by atoms with Gasteiger partial charge in [0.25, 0.3) is 0 Å². The minimum atomic E-state index is -1.01. The fourth-order valence-corrected chi connectivity index (χ4v) is 2.70. The van der Waals surface area contributed by atoms with E-state index in [4.69, 9.17) is 0 Å². The quantitative estimate of drug-likeness (QED) is 0.588. The van der Waals surface area contributed by atoms with Crippen LogP contribution in [0.1, 0.15) is 30.9 Å². The summed E-state index contributed by atoms with van der Waals surface area (Å²) < 4.78 is 0. The minimum Gasteiger partial charge on any atom is -0.478 e. The SMILES string of the molecule is CCCC(=O)Nc1cnc2[nH]cc(/C=C(/C(=O)O)c3ccccc3)c2c1. The summed E-state index contributed by atoms with van der Waals surface area (Å²) in [5.74, 6) is -1.08. The van der Waals surface area contributed by atoms with Crippen LogP contribution in [0, 0.1) is 0 Å². The topological polar surface area (TPSA) is 95.1 Å². The molecular weight excluding hydrogens is 330 g/mol. The van der Waals surface area contributed by atoms with Gasteiger partial charge < -0.3 is 15.4 Å². The van der Waals surface area contributed by atoms with Crippen LogP contribution >= 0.6 is 0 Å². The summed E-state index contributed by atoms with van der Waals surface area (Å²) in [6, 6.07) is 10.7. The summed E-state index contributed by atoms with van der Waals surface area (Å²) in [7, 11) is 0. The Balaban J connectivity index is 2.01. The normalized spacial score (nSPS) is 11.5. The Kier molecular flexibility index (Phi) is 5.12. The lowest BCUT2D eigenvalue weighted by molar-refractivity contribution is -0.130. The van der Waals surface area contributed by atoms with Crippen LogP contribution in [-0.4, -0.2) is 27.0 Å². The smallest absolute Gasteiger partial charge is 0.336 e. The van der Waals surface area contributed by atoms with Gasteiger partial charge in [0.2, 0.25) is 5.91 Å². The maximum absolute atomic E-state index is 11.8. The zero-order chi connectivity index (χ0) is 18.5. The molecule has 2 aromatic heterocycles. The number of anilines is 1. The third-order valence-corrected chi connectivity index (χ3v) is 3.94. The summed E-state index contributed by atoms with van der Waals surface area (Å²) in [5.41, 5.74) is 2.71. The van der Waals surface area contributed by atoms with Crippen molar-refractivity contribution in [3.63, 3.8) is 0 Å². The third kappa shape index (κ3) is 3.80. The summed E-state index contributed by atoms with van der Waals surface area (Å²) in [6.45, 7) is 1.94. The summed E-state index contributed by atoms with van der Waals surface area (Å²) in [6.07, 6.45) is 6.10. The molecule has 0 aliphatic carbocycles. The lowest BCUT2D eigenvalue weighted by Crippen LogP contribution is -2.10. The first-order valence-electron chi connectivity index (χ1n) is 8.36. The van der Waals surface area contributed by atoms with Gasteiger partial charge in [0.1, 0.15) is 5.65 Å². The fraction of sp³-hybridized carbons (Fsp3) is 0.150. The van der Waals surface area contributed by atoms with Crippen molar-refractivity contribution in [3.05, 3.63) is 59.9 Å². The number of nitrogens with one attached hydrogen (secondary N) is 2. The van der Waals surface area contributed by atoms with Crippen molar-refractivity contribution in [2.75, 3.05) is 5.32 Å². The first kappa shape index (κ1) is 17.4. The number of fused-ring (bicyclic) bond motifs is 1. The van der Waals surface area contributed by atoms with E-state index in [1.54, 1.807) is 48.8 Å². The highest BCUT2D eigenvalue weighted by molar-refractivity contribution is 6.21. The first-order chi connectivity index (χ1) is 12.6. The third-order valence-electron chi connectivity index (χ3n) is 3.94. The van der Waals surface area contributed by atoms with Gasteiger partial charge >= 0.3 is 5.97 Å². The highest BCUT2D eigenvalue weighted by atomic mass is 16.4. The van der Waals surface area contributed by atoms with Crippen molar-refractivity contribution in [2.45, 2.75) is 19.8 Å². The van der Waals surface area contributed by atoms with Crippen molar-refractivity contribution in [1.29, 1.82) is 0 Å². The Morgan fingerprint density at radius 3 is 2.73 bits per heavy atom. The first-order valence-corrected chi connectivity index (χ1v) is 8.36. The predicted octanol–water partition coefficient (Wildman–Crippen LogP) is 3.93. The van der Waals surface area contributed by atoms with E-state index in [-0.39, 0.29) is 11.5 Å². The van der Waals surface area contributed by atoms with Gasteiger partial charge in [-0.3, -0.25) is 4.79 Å². The molecule has 1 aromatic carbocycles. The molecule has 0 radical (unpaired) electrons. The zero-order valence-corrected chi connectivity index (χ0v) is 14.3. The van der Waals surface area contributed by atoms with E-state index < -0.39 is 5.97 Å². The number of hydrogen-bond donors (Lipinski definition) is 3. The van der Waals surface area contributed by atoms with E-state index >= 15 is 0 Å². The molecule has 0 fully saturated rings. The lowest BCUT2D eigenvalue weighted by Gasteiger charge is -2.05. The molecule has 1 amide bonds. The Morgan fingerprint density at radius 2 is 2.04 bits per heavy atom. The fourth-order valence-electron chi connectivity index (χ4n) is 2.70. The number of carbonyl (C=O) groups excluding carboxylic acids is 1. The number of carboxylic acid groups (broad SMARTS) is 1. The number of rotatable bonds is 6. The molecule has 0 aliphatic heterocycles. The number of amides is 1. The molecule has 6 nitrogen and oxygen atoms in total. The van der Waals surface area contributed by atoms with Crippen molar-refractivity contribution in [3.8, 4) is 0 Å². The summed E-state index contributed by atoms with van der Waals surface area (Å²) in [4.78, 5) is 30.8. The number of aromatic nitrogens is 2.